The number of rotatable bonds is 5. The van der Waals surface area contributed by atoms with Crippen LogP contribution in [0.25, 0.3) is 0 Å². The van der Waals surface area contributed by atoms with Crippen molar-refractivity contribution in [3.8, 4) is 0 Å². The van der Waals surface area contributed by atoms with E-state index in [1.165, 1.54) is 0 Å². The molecule has 1 fully saturated rings. The van der Waals surface area contributed by atoms with Crippen LogP contribution in [0.2, 0.25) is 0 Å². The summed E-state index contributed by atoms with van der Waals surface area (Å²) in [6, 6.07) is 7.04. The average Bonchev–Trinajstić information content (AvgIpc) is 2.57. The lowest BCUT2D eigenvalue weighted by atomic mass is 9.92. The highest BCUT2D eigenvalue weighted by atomic mass is 16.5. The van der Waals surface area contributed by atoms with Crippen LogP contribution in [0.15, 0.2) is 24.3 Å². The minimum Gasteiger partial charge on any atom is -0.454 e. The molecule has 1 heterocycles. The van der Waals surface area contributed by atoms with E-state index in [1.807, 2.05) is 19.1 Å². The lowest BCUT2D eigenvalue weighted by Gasteiger charge is -2.34. The second-order valence-corrected chi connectivity index (χ2v) is 6.95. The Labute approximate surface area is 148 Å². The molecule has 1 N–H and O–H groups in total. The van der Waals surface area contributed by atoms with Crippen molar-refractivity contribution in [3.63, 3.8) is 0 Å². The van der Waals surface area contributed by atoms with Crippen LogP contribution in [0.5, 0.6) is 0 Å². The third-order valence-corrected chi connectivity index (χ3v) is 4.29. The fraction of sp³-hybridized carbons (Fsp3) is 0.526. The van der Waals surface area contributed by atoms with Crippen LogP contribution < -0.4 is 5.32 Å². The second-order valence-electron chi connectivity index (χ2n) is 6.95. The van der Waals surface area contributed by atoms with Crippen molar-refractivity contribution in [1.82, 2.24) is 10.2 Å². The molecule has 0 saturated carbocycles. The molecular weight excluding hydrogens is 320 g/mol. The van der Waals surface area contributed by atoms with E-state index in [2.05, 4.69) is 19.2 Å². The molecule has 1 aromatic rings. The molecule has 2 rings (SSSR count). The van der Waals surface area contributed by atoms with Crippen LogP contribution in [0.1, 0.15) is 36.2 Å². The number of hydrogen-bond acceptors (Lipinski definition) is 4. The molecule has 0 aliphatic carbocycles. The molecule has 0 spiro atoms. The average molecular weight is 346 g/mol. The molecule has 1 aliphatic heterocycles. The first-order valence-corrected chi connectivity index (χ1v) is 8.63. The van der Waals surface area contributed by atoms with Gasteiger partial charge >= 0.3 is 5.97 Å². The van der Waals surface area contributed by atoms with Gasteiger partial charge in [-0.25, -0.2) is 0 Å². The molecule has 1 aromatic carbocycles. The molecule has 136 valence electrons. The molecule has 6 heteroatoms. The predicted molar refractivity (Wildman–Crippen MR) is 94.0 cm³/mol. The van der Waals surface area contributed by atoms with Gasteiger partial charge in [-0.2, -0.15) is 0 Å². The topological polar surface area (TPSA) is 75.7 Å². The number of piperidine rings is 1. The first-order valence-electron chi connectivity index (χ1n) is 8.63. The largest absolute Gasteiger partial charge is 0.454 e. The number of likely N-dealkylation sites (tertiary alicyclic amines) is 1. The van der Waals surface area contributed by atoms with Crippen molar-refractivity contribution in [2.24, 2.45) is 11.8 Å². The number of ether oxygens (including phenoxy) is 1. The van der Waals surface area contributed by atoms with Gasteiger partial charge in [0.05, 0.1) is 0 Å². The number of nitrogens with one attached hydrogen (secondary N) is 1. The minimum atomic E-state index is -0.619. The Morgan fingerprint density at radius 1 is 1.12 bits per heavy atom. The van der Waals surface area contributed by atoms with Crippen LogP contribution in [0.4, 0.5) is 0 Å². The Morgan fingerprint density at radius 3 is 2.32 bits per heavy atom. The van der Waals surface area contributed by atoms with E-state index < -0.39 is 5.97 Å². The molecule has 2 atom stereocenters. The Kier molecular flexibility index (Phi) is 6.56. The number of nitrogens with zero attached hydrogens (tertiary/aromatic N) is 1. The maximum atomic E-state index is 12.1. The SMILES string of the molecule is Cc1ccc(C(=O)NCC(=O)OCC(=O)N2CC(C)CC(C)C2)cc1. The first-order chi connectivity index (χ1) is 11.8. The van der Waals surface area contributed by atoms with Gasteiger partial charge < -0.3 is 15.0 Å². The van der Waals surface area contributed by atoms with Gasteiger partial charge in [-0.3, -0.25) is 14.4 Å². The highest BCUT2D eigenvalue weighted by Crippen LogP contribution is 2.20. The summed E-state index contributed by atoms with van der Waals surface area (Å²) in [4.78, 5) is 37.6. The quantitative estimate of drug-likeness (QED) is 0.825. The van der Waals surface area contributed by atoms with Crippen LogP contribution in [-0.4, -0.2) is 48.9 Å². The number of aryl methyl sites for hydroxylation is 1. The van der Waals surface area contributed by atoms with Gasteiger partial charge in [0.1, 0.15) is 6.54 Å². The fourth-order valence-electron chi connectivity index (χ4n) is 3.11. The van der Waals surface area contributed by atoms with Gasteiger partial charge in [0.15, 0.2) is 6.61 Å². The van der Waals surface area contributed by atoms with Crippen LogP contribution in [0.3, 0.4) is 0 Å². The normalized spacial score (nSPS) is 20.0. The van der Waals surface area contributed by atoms with Crippen molar-refractivity contribution in [2.75, 3.05) is 26.2 Å². The summed E-state index contributed by atoms with van der Waals surface area (Å²) < 4.78 is 4.99. The summed E-state index contributed by atoms with van der Waals surface area (Å²) in [6.07, 6.45) is 1.11. The Bertz CT molecular complexity index is 617. The van der Waals surface area contributed by atoms with E-state index >= 15 is 0 Å². The number of esters is 1. The van der Waals surface area contributed by atoms with Crippen molar-refractivity contribution in [1.29, 1.82) is 0 Å². The van der Waals surface area contributed by atoms with Crippen LogP contribution in [0, 0.1) is 18.8 Å². The first kappa shape index (κ1) is 19.0. The maximum Gasteiger partial charge on any atom is 0.325 e. The Hall–Kier alpha value is -2.37. The number of hydrogen-bond donors (Lipinski definition) is 1. The molecule has 0 aromatic heterocycles. The molecule has 25 heavy (non-hydrogen) atoms. The molecule has 2 unspecified atom stereocenters. The smallest absolute Gasteiger partial charge is 0.325 e. The maximum absolute atomic E-state index is 12.1. The standard InChI is InChI=1S/C19H26N2O4/c1-13-4-6-16(7-5-13)19(24)20-9-18(23)25-12-17(22)21-10-14(2)8-15(3)11-21/h4-7,14-15H,8-12H2,1-3H3,(H,20,24). The van der Waals surface area contributed by atoms with Gasteiger partial charge in [-0.05, 0) is 37.3 Å². The summed E-state index contributed by atoms with van der Waals surface area (Å²) in [5, 5.41) is 2.50. The van der Waals surface area contributed by atoms with Gasteiger partial charge in [-0.1, -0.05) is 31.5 Å². The second kappa shape index (κ2) is 8.65. The van der Waals surface area contributed by atoms with E-state index in [9.17, 15) is 14.4 Å². The molecular formula is C19H26N2O4. The number of amides is 2. The monoisotopic (exact) mass is 346 g/mol. The zero-order valence-corrected chi connectivity index (χ0v) is 15.1. The minimum absolute atomic E-state index is 0.184. The van der Waals surface area contributed by atoms with Crippen molar-refractivity contribution < 1.29 is 19.1 Å². The lowest BCUT2D eigenvalue weighted by Crippen LogP contribution is -2.44. The molecule has 6 nitrogen and oxygen atoms in total. The zero-order valence-electron chi connectivity index (χ0n) is 15.1. The van der Waals surface area contributed by atoms with Crippen LogP contribution in [-0.2, 0) is 14.3 Å². The van der Waals surface area contributed by atoms with Crippen molar-refractivity contribution in [2.45, 2.75) is 27.2 Å². The lowest BCUT2D eigenvalue weighted by molar-refractivity contribution is -0.152. The highest BCUT2D eigenvalue weighted by Gasteiger charge is 2.25. The molecule has 0 radical (unpaired) electrons. The van der Waals surface area contributed by atoms with E-state index in [-0.39, 0.29) is 25.0 Å². The summed E-state index contributed by atoms with van der Waals surface area (Å²) in [5.74, 6) is -0.236. The number of benzene rings is 1. The summed E-state index contributed by atoms with van der Waals surface area (Å²) in [5.41, 5.74) is 1.53. The fourth-order valence-corrected chi connectivity index (χ4v) is 3.11. The van der Waals surface area contributed by atoms with Gasteiger partial charge in [0.25, 0.3) is 11.8 Å². The van der Waals surface area contributed by atoms with Gasteiger partial charge in [-0.15, -0.1) is 0 Å². The van der Waals surface area contributed by atoms with Crippen molar-refractivity contribution in [3.05, 3.63) is 35.4 Å². The van der Waals surface area contributed by atoms with E-state index in [0.717, 1.165) is 12.0 Å². The third-order valence-electron chi connectivity index (χ3n) is 4.29. The van der Waals surface area contributed by atoms with E-state index in [4.69, 9.17) is 4.74 Å². The third kappa shape index (κ3) is 5.89. The summed E-state index contributed by atoms with van der Waals surface area (Å²) in [6.45, 7) is 7.02. The number of carbonyl (C=O) groups excluding carboxylic acids is 3. The zero-order chi connectivity index (χ0) is 18.4. The number of carbonyl (C=O) groups is 3. The van der Waals surface area contributed by atoms with Crippen LogP contribution >= 0.6 is 0 Å². The van der Waals surface area contributed by atoms with Gasteiger partial charge in [0.2, 0.25) is 0 Å². The highest BCUT2D eigenvalue weighted by molar-refractivity contribution is 5.96. The molecule has 0 bridgehead atoms. The Balaban J connectivity index is 1.72. The Morgan fingerprint density at radius 2 is 1.72 bits per heavy atom. The molecule has 1 saturated heterocycles. The van der Waals surface area contributed by atoms with E-state index in [1.54, 1.807) is 17.0 Å². The molecule has 1 aliphatic rings. The molecule has 2 amide bonds. The van der Waals surface area contributed by atoms with Gasteiger partial charge in [0, 0.05) is 18.7 Å². The van der Waals surface area contributed by atoms with Crippen molar-refractivity contribution >= 4 is 17.8 Å². The van der Waals surface area contributed by atoms with E-state index in [0.29, 0.717) is 30.5 Å². The predicted octanol–water partition coefficient (Wildman–Crippen LogP) is 1.77. The summed E-state index contributed by atoms with van der Waals surface area (Å²) >= 11 is 0. The summed E-state index contributed by atoms with van der Waals surface area (Å²) in [7, 11) is 0.